The van der Waals surface area contributed by atoms with Gasteiger partial charge in [-0.1, -0.05) is 13.8 Å². The van der Waals surface area contributed by atoms with Crippen molar-refractivity contribution in [3.8, 4) is 0 Å². The minimum atomic E-state index is 0.424. The first-order valence-electron chi connectivity index (χ1n) is 6.90. The summed E-state index contributed by atoms with van der Waals surface area (Å²) in [5.41, 5.74) is 1.25. The fraction of sp³-hybridized carbons (Fsp3) is 0.643. The molecule has 1 N–H and O–H groups in total. The normalized spacial score (nSPS) is 13.4. The van der Waals surface area contributed by atoms with Gasteiger partial charge in [-0.05, 0) is 26.9 Å². The third-order valence-electron chi connectivity index (χ3n) is 3.39. The lowest BCUT2D eigenvalue weighted by atomic mass is 10.0. The third kappa shape index (κ3) is 3.07. The minimum Gasteiger partial charge on any atom is -0.422 e. The van der Waals surface area contributed by atoms with Gasteiger partial charge < -0.3 is 14.6 Å². The Morgan fingerprint density at radius 1 is 1.15 bits per heavy atom. The first-order chi connectivity index (χ1) is 9.38. The molecule has 2 aromatic heterocycles. The second-order valence-corrected chi connectivity index (χ2v) is 5.66. The van der Waals surface area contributed by atoms with Crippen molar-refractivity contribution in [2.45, 2.75) is 33.7 Å². The van der Waals surface area contributed by atoms with E-state index in [0.717, 1.165) is 12.4 Å². The zero-order valence-corrected chi connectivity index (χ0v) is 13.1. The zero-order chi connectivity index (χ0) is 14.9. The Labute approximate surface area is 119 Å². The quantitative estimate of drug-likeness (QED) is 0.904. The van der Waals surface area contributed by atoms with Crippen molar-refractivity contribution in [3.05, 3.63) is 11.7 Å². The second kappa shape index (κ2) is 5.75. The lowest BCUT2D eigenvalue weighted by Gasteiger charge is -2.28. The summed E-state index contributed by atoms with van der Waals surface area (Å²) in [6.07, 6.45) is 0. The maximum atomic E-state index is 5.48. The molecule has 0 saturated heterocycles. The molecule has 0 spiro atoms. The molecular weight excluding hydrogens is 254 g/mol. The number of fused-ring (bicyclic) bond motifs is 1. The number of nitrogens with zero attached hydrogens (tertiary/aromatic N) is 4. The van der Waals surface area contributed by atoms with Gasteiger partial charge in [-0.3, -0.25) is 0 Å². The van der Waals surface area contributed by atoms with Gasteiger partial charge in [-0.15, -0.1) is 0 Å². The Morgan fingerprint density at radius 2 is 1.85 bits per heavy atom. The van der Waals surface area contributed by atoms with Gasteiger partial charge in [0.05, 0.1) is 0 Å². The summed E-state index contributed by atoms with van der Waals surface area (Å²) >= 11 is 0. The summed E-state index contributed by atoms with van der Waals surface area (Å²) in [5, 5.41) is 3.39. The summed E-state index contributed by atoms with van der Waals surface area (Å²) in [7, 11) is 4.18. The average Bonchev–Trinajstić information content (AvgIpc) is 2.68. The fourth-order valence-corrected chi connectivity index (χ4v) is 2.37. The Bertz CT molecular complexity index is 583. The number of hydrogen-bond acceptors (Lipinski definition) is 6. The van der Waals surface area contributed by atoms with E-state index in [0.29, 0.717) is 34.9 Å². The van der Waals surface area contributed by atoms with Gasteiger partial charge in [0, 0.05) is 19.5 Å². The molecule has 1 atom stereocenters. The number of nitrogens with one attached hydrogen (secondary N) is 1. The molecule has 0 amide bonds. The second-order valence-electron chi connectivity index (χ2n) is 5.66. The van der Waals surface area contributed by atoms with E-state index >= 15 is 0 Å². The van der Waals surface area contributed by atoms with E-state index in [2.05, 4.69) is 53.1 Å². The van der Waals surface area contributed by atoms with Crippen molar-refractivity contribution in [3.63, 3.8) is 0 Å². The molecule has 20 heavy (non-hydrogen) atoms. The van der Waals surface area contributed by atoms with Crippen LogP contribution in [0.2, 0.25) is 0 Å². The molecule has 2 heterocycles. The standard InChI is InChI=1S/C14H23N5O/c1-8(2)11(19(5)6)7-15-13-12-14(17-9(3)16-13)20-10(4)18-12/h8,11H,7H2,1-6H3,(H,15,16,17). The molecule has 2 aromatic rings. The number of aromatic nitrogens is 3. The number of rotatable bonds is 5. The SMILES string of the molecule is Cc1nc(NCC(C(C)C)N(C)C)c2nc(C)oc2n1. The first-order valence-corrected chi connectivity index (χ1v) is 6.90. The summed E-state index contributed by atoms with van der Waals surface area (Å²) in [6.45, 7) is 8.91. The topological polar surface area (TPSA) is 67.1 Å². The summed E-state index contributed by atoms with van der Waals surface area (Å²) in [4.78, 5) is 15.3. The van der Waals surface area contributed by atoms with E-state index in [1.165, 1.54) is 0 Å². The Morgan fingerprint density at radius 3 is 2.45 bits per heavy atom. The predicted molar refractivity (Wildman–Crippen MR) is 79.9 cm³/mol. The molecule has 0 radical (unpaired) electrons. The van der Waals surface area contributed by atoms with Crippen LogP contribution in [0.3, 0.4) is 0 Å². The number of aryl methyl sites for hydroxylation is 2. The average molecular weight is 277 g/mol. The van der Waals surface area contributed by atoms with Crippen LogP contribution >= 0.6 is 0 Å². The van der Waals surface area contributed by atoms with E-state index in [1.54, 1.807) is 0 Å². The van der Waals surface area contributed by atoms with Crippen LogP contribution in [0.5, 0.6) is 0 Å². The lowest BCUT2D eigenvalue weighted by molar-refractivity contribution is 0.243. The van der Waals surface area contributed by atoms with E-state index in [1.807, 2.05) is 13.8 Å². The number of anilines is 1. The maximum absolute atomic E-state index is 5.48. The molecule has 0 aliphatic heterocycles. The van der Waals surface area contributed by atoms with Gasteiger partial charge in [-0.25, -0.2) is 9.97 Å². The summed E-state index contributed by atoms with van der Waals surface area (Å²) in [6, 6.07) is 0.424. The molecule has 6 heteroatoms. The smallest absolute Gasteiger partial charge is 0.252 e. The highest BCUT2D eigenvalue weighted by molar-refractivity contribution is 5.81. The van der Waals surface area contributed by atoms with E-state index in [-0.39, 0.29) is 0 Å². The molecule has 2 rings (SSSR count). The molecule has 6 nitrogen and oxygen atoms in total. The van der Waals surface area contributed by atoms with E-state index in [4.69, 9.17) is 4.42 Å². The first kappa shape index (κ1) is 14.7. The Balaban J connectivity index is 2.25. The zero-order valence-electron chi connectivity index (χ0n) is 13.1. The van der Waals surface area contributed by atoms with Crippen LogP contribution in [0.1, 0.15) is 25.6 Å². The van der Waals surface area contributed by atoms with Crippen molar-refractivity contribution in [1.29, 1.82) is 0 Å². The molecule has 0 aromatic carbocycles. The number of oxazole rings is 1. The van der Waals surface area contributed by atoms with Gasteiger partial charge in [0.2, 0.25) is 0 Å². The van der Waals surface area contributed by atoms with Gasteiger partial charge in [0.25, 0.3) is 5.71 Å². The molecule has 0 bridgehead atoms. The molecule has 0 fully saturated rings. The van der Waals surface area contributed by atoms with Crippen LogP contribution in [0.25, 0.3) is 11.2 Å². The highest BCUT2D eigenvalue weighted by atomic mass is 16.4. The van der Waals surface area contributed by atoms with Gasteiger partial charge in [0.1, 0.15) is 5.82 Å². The van der Waals surface area contributed by atoms with Crippen LogP contribution < -0.4 is 5.32 Å². The fourth-order valence-electron chi connectivity index (χ4n) is 2.37. The molecule has 110 valence electrons. The van der Waals surface area contributed by atoms with Crippen molar-refractivity contribution >= 4 is 17.0 Å². The highest BCUT2D eigenvalue weighted by Crippen LogP contribution is 2.21. The van der Waals surface area contributed by atoms with Gasteiger partial charge >= 0.3 is 0 Å². The Kier molecular flexibility index (Phi) is 4.23. The Hall–Kier alpha value is -1.69. The van der Waals surface area contributed by atoms with Crippen molar-refractivity contribution < 1.29 is 4.42 Å². The van der Waals surface area contributed by atoms with E-state index in [9.17, 15) is 0 Å². The third-order valence-corrected chi connectivity index (χ3v) is 3.39. The van der Waals surface area contributed by atoms with Crippen LogP contribution in [-0.2, 0) is 0 Å². The number of hydrogen-bond donors (Lipinski definition) is 1. The van der Waals surface area contributed by atoms with Crippen molar-refractivity contribution in [1.82, 2.24) is 19.9 Å². The van der Waals surface area contributed by atoms with Crippen LogP contribution in [0.15, 0.2) is 4.42 Å². The van der Waals surface area contributed by atoms with Crippen molar-refractivity contribution in [2.24, 2.45) is 5.92 Å². The van der Waals surface area contributed by atoms with Crippen LogP contribution in [-0.4, -0.2) is 46.5 Å². The molecular formula is C14H23N5O. The monoisotopic (exact) mass is 277 g/mol. The largest absolute Gasteiger partial charge is 0.422 e. The minimum absolute atomic E-state index is 0.424. The molecule has 1 unspecified atom stereocenters. The molecule has 0 saturated carbocycles. The summed E-state index contributed by atoms with van der Waals surface area (Å²) < 4.78 is 5.48. The van der Waals surface area contributed by atoms with Gasteiger partial charge in [0.15, 0.2) is 17.2 Å². The van der Waals surface area contributed by atoms with E-state index < -0.39 is 0 Å². The number of likely N-dealkylation sites (N-methyl/N-ethyl adjacent to an activating group) is 1. The van der Waals surface area contributed by atoms with Gasteiger partial charge in [-0.2, -0.15) is 4.98 Å². The predicted octanol–water partition coefficient (Wildman–Crippen LogP) is 2.23. The molecule has 0 aliphatic rings. The molecule has 0 aliphatic carbocycles. The van der Waals surface area contributed by atoms with Crippen molar-refractivity contribution in [2.75, 3.05) is 26.0 Å². The van der Waals surface area contributed by atoms with Crippen LogP contribution in [0.4, 0.5) is 5.82 Å². The maximum Gasteiger partial charge on any atom is 0.252 e. The highest BCUT2D eigenvalue weighted by Gasteiger charge is 2.18. The summed E-state index contributed by atoms with van der Waals surface area (Å²) in [5.74, 6) is 2.59. The van der Waals surface area contributed by atoms with Crippen LogP contribution in [0, 0.1) is 19.8 Å². The lowest BCUT2D eigenvalue weighted by Crippen LogP contribution is -2.38.